The quantitative estimate of drug-likeness (QED) is 0.526. The van der Waals surface area contributed by atoms with E-state index in [1.54, 1.807) is 0 Å². The molecule has 0 bridgehead atoms. The Morgan fingerprint density at radius 3 is 2.41 bits per heavy atom. The van der Waals surface area contributed by atoms with Crippen LogP contribution in [0.25, 0.3) is 0 Å². The molecule has 1 unspecified atom stereocenters. The van der Waals surface area contributed by atoms with Gasteiger partial charge in [0.2, 0.25) is 0 Å². The molecule has 1 aliphatic heterocycles. The highest BCUT2D eigenvalue weighted by atomic mass is 32.1. The van der Waals surface area contributed by atoms with E-state index in [0.29, 0.717) is 18.9 Å². The number of hydrogen-bond donors (Lipinski definition) is 4. The van der Waals surface area contributed by atoms with Crippen molar-refractivity contribution in [3.63, 3.8) is 0 Å². The predicted octanol–water partition coefficient (Wildman–Crippen LogP) is -0.0562. The number of nitrogens with one attached hydrogen (secondary N) is 1. The van der Waals surface area contributed by atoms with Crippen LogP contribution in [0.5, 0.6) is 0 Å². The van der Waals surface area contributed by atoms with Crippen molar-refractivity contribution in [1.82, 2.24) is 5.32 Å². The number of ether oxygens (including phenoxy) is 1. The summed E-state index contributed by atoms with van der Waals surface area (Å²) >= 11 is 4.46. The van der Waals surface area contributed by atoms with Gasteiger partial charge in [-0.3, -0.25) is 4.39 Å². The first kappa shape index (κ1) is 18.9. The summed E-state index contributed by atoms with van der Waals surface area (Å²) in [7, 11) is 0.500. The zero-order valence-electron chi connectivity index (χ0n) is 10.4. The number of hydrogen-bond acceptors (Lipinski definition) is 4. The Bertz CT molecular complexity index is 187. The Morgan fingerprint density at radius 1 is 1.59 bits per heavy atom. The monoisotopic (exact) mass is 270 g/mol. The van der Waals surface area contributed by atoms with Gasteiger partial charge in [-0.1, -0.05) is 0 Å². The Hall–Kier alpha value is -0.500. The van der Waals surface area contributed by atoms with E-state index in [2.05, 4.69) is 17.5 Å². The third-order valence-corrected chi connectivity index (χ3v) is 2.08. The molecule has 7 heteroatoms. The highest BCUT2D eigenvalue weighted by Crippen LogP contribution is 2.12. The molecule has 2 atom stereocenters. The standard InChI is InChI=1S/C6H12O3.C3H8N2S.CH3F/c7-4-6-5(8)2-1-3-9-6;1-2-5-3(4)6;1-2/h5-8H,1-4H2;2H2,1H3,(H3,4,5,6);1H3/t5-,6?;;/m0../s1. The van der Waals surface area contributed by atoms with E-state index in [9.17, 15) is 4.39 Å². The van der Waals surface area contributed by atoms with E-state index in [1.807, 2.05) is 6.92 Å². The molecule has 1 aliphatic rings. The topological polar surface area (TPSA) is 87.7 Å². The van der Waals surface area contributed by atoms with E-state index in [1.165, 1.54) is 0 Å². The van der Waals surface area contributed by atoms with Crippen LogP contribution in [-0.2, 0) is 4.74 Å². The first-order valence-corrected chi connectivity index (χ1v) is 5.84. The molecule has 1 heterocycles. The minimum absolute atomic E-state index is 0.0683. The number of halogens is 1. The van der Waals surface area contributed by atoms with Crippen molar-refractivity contribution in [2.45, 2.75) is 32.0 Å². The summed E-state index contributed by atoms with van der Waals surface area (Å²) < 4.78 is 14.5. The molecule has 0 amide bonds. The second-order valence-corrected chi connectivity index (χ2v) is 3.64. The fourth-order valence-electron chi connectivity index (χ4n) is 1.17. The number of nitrogens with two attached hydrogens (primary N) is 1. The summed E-state index contributed by atoms with van der Waals surface area (Å²) in [5, 5.41) is 20.8. The predicted molar refractivity (Wildman–Crippen MR) is 69.6 cm³/mol. The Balaban J connectivity index is 0. The molecule has 1 saturated heterocycles. The molecule has 5 N–H and O–H groups in total. The summed E-state index contributed by atoms with van der Waals surface area (Å²) in [4.78, 5) is 0. The van der Waals surface area contributed by atoms with Gasteiger partial charge in [0.15, 0.2) is 5.11 Å². The maximum absolute atomic E-state index is 9.50. The number of aliphatic hydroxyl groups excluding tert-OH is 2. The van der Waals surface area contributed by atoms with Crippen molar-refractivity contribution in [1.29, 1.82) is 0 Å². The van der Waals surface area contributed by atoms with Gasteiger partial charge in [-0.05, 0) is 32.0 Å². The first-order valence-electron chi connectivity index (χ1n) is 5.43. The normalized spacial score (nSPS) is 22.4. The van der Waals surface area contributed by atoms with Gasteiger partial charge in [0.1, 0.15) is 6.10 Å². The maximum atomic E-state index is 9.50. The average molecular weight is 270 g/mol. The number of alkyl halides is 1. The minimum atomic E-state index is -0.455. The minimum Gasteiger partial charge on any atom is -0.394 e. The van der Waals surface area contributed by atoms with Crippen molar-refractivity contribution < 1.29 is 19.3 Å². The molecule has 0 saturated carbocycles. The molecule has 1 fully saturated rings. The average Bonchev–Trinajstić information content (AvgIpc) is 2.33. The van der Waals surface area contributed by atoms with Crippen molar-refractivity contribution in [2.75, 3.05) is 26.9 Å². The van der Waals surface area contributed by atoms with E-state index in [-0.39, 0.29) is 12.7 Å². The fraction of sp³-hybridized carbons (Fsp3) is 0.900. The number of aliphatic hydroxyl groups is 2. The molecule has 1 rings (SSSR count). The lowest BCUT2D eigenvalue weighted by molar-refractivity contribution is -0.0942. The van der Waals surface area contributed by atoms with E-state index < -0.39 is 6.10 Å². The number of rotatable bonds is 2. The molecule has 0 radical (unpaired) electrons. The summed E-state index contributed by atoms with van der Waals surface area (Å²) in [5.41, 5.74) is 5.02. The summed E-state index contributed by atoms with van der Waals surface area (Å²) in [6.45, 7) is 3.36. The van der Waals surface area contributed by atoms with Crippen LogP contribution in [0, 0.1) is 0 Å². The van der Waals surface area contributed by atoms with Gasteiger partial charge in [0, 0.05) is 13.2 Å². The molecule has 5 nitrogen and oxygen atoms in total. The van der Waals surface area contributed by atoms with Gasteiger partial charge in [0.25, 0.3) is 0 Å². The van der Waals surface area contributed by atoms with Gasteiger partial charge in [-0.15, -0.1) is 0 Å². The van der Waals surface area contributed by atoms with E-state index in [4.69, 9.17) is 20.7 Å². The van der Waals surface area contributed by atoms with Crippen LogP contribution >= 0.6 is 12.2 Å². The van der Waals surface area contributed by atoms with Gasteiger partial charge in [-0.2, -0.15) is 0 Å². The van der Waals surface area contributed by atoms with Crippen LogP contribution in [0.1, 0.15) is 19.8 Å². The van der Waals surface area contributed by atoms with Gasteiger partial charge in [-0.25, -0.2) is 0 Å². The Morgan fingerprint density at radius 2 is 2.18 bits per heavy atom. The molecule has 104 valence electrons. The Labute approximate surface area is 107 Å². The molecule has 0 aromatic rings. The third kappa shape index (κ3) is 11.8. The summed E-state index contributed by atoms with van der Waals surface area (Å²) in [6.07, 6.45) is 0.866. The molecule has 17 heavy (non-hydrogen) atoms. The Kier molecular flexibility index (Phi) is 15.0. The maximum Gasteiger partial charge on any atom is 0.163 e. The van der Waals surface area contributed by atoms with Crippen LogP contribution in [0.3, 0.4) is 0 Å². The van der Waals surface area contributed by atoms with Crippen molar-refractivity contribution >= 4 is 17.3 Å². The SMILES string of the molecule is CCNC(N)=S.CF.OCC1OCCC[C@@H]1O. The lowest BCUT2D eigenvalue weighted by Crippen LogP contribution is -2.36. The highest BCUT2D eigenvalue weighted by molar-refractivity contribution is 7.80. The van der Waals surface area contributed by atoms with Crippen LogP contribution < -0.4 is 11.1 Å². The highest BCUT2D eigenvalue weighted by Gasteiger charge is 2.22. The number of thiocarbonyl (C=S) groups is 1. The zero-order valence-corrected chi connectivity index (χ0v) is 11.2. The van der Waals surface area contributed by atoms with Crippen molar-refractivity contribution in [3.05, 3.63) is 0 Å². The van der Waals surface area contributed by atoms with E-state index >= 15 is 0 Å². The van der Waals surface area contributed by atoms with Gasteiger partial charge in [0.05, 0.1) is 19.9 Å². The fourth-order valence-corrected chi connectivity index (χ4v) is 1.32. The van der Waals surface area contributed by atoms with Crippen LogP contribution in [0.2, 0.25) is 0 Å². The van der Waals surface area contributed by atoms with Crippen LogP contribution in [0.4, 0.5) is 4.39 Å². The molecular weight excluding hydrogens is 247 g/mol. The molecule has 0 aromatic heterocycles. The van der Waals surface area contributed by atoms with E-state index in [0.717, 1.165) is 19.4 Å². The van der Waals surface area contributed by atoms with Crippen molar-refractivity contribution in [3.8, 4) is 0 Å². The van der Waals surface area contributed by atoms with Crippen LogP contribution in [0.15, 0.2) is 0 Å². The van der Waals surface area contributed by atoms with Crippen LogP contribution in [-0.4, -0.2) is 54.5 Å². The first-order chi connectivity index (χ1) is 8.11. The second kappa shape index (κ2) is 13.6. The molecule has 0 aliphatic carbocycles. The lowest BCUT2D eigenvalue weighted by Gasteiger charge is -2.25. The van der Waals surface area contributed by atoms with Gasteiger partial charge >= 0.3 is 0 Å². The molecule has 0 aromatic carbocycles. The second-order valence-electron chi connectivity index (χ2n) is 3.20. The lowest BCUT2D eigenvalue weighted by atomic mass is 10.1. The van der Waals surface area contributed by atoms with Gasteiger partial charge < -0.3 is 26.0 Å². The molecular formula is C10H23FN2O3S. The van der Waals surface area contributed by atoms with Crippen molar-refractivity contribution in [2.24, 2.45) is 5.73 Å². The zero-order chi connectivity index (χ0) is 13.7. The summed E-state index contributed by atoms with van der Waals surface area (Å²) in [5.74, 6) is 0. The third-order valence-electron chi connectivity index (χ3n) is 1.94. The summed E-state index contributed by atoms with van der Waals surface area (Å²) in [6, 6.07) is 0. The largest absolute Gasteiger partial charge is 0.394 e. The molecule has 0 spiro atoms. The smallest absolute Gasteiger partial charge is 0.163 e.